The molecule has 0 fully saturated rings. The lowest BCUT2D eigenvalue weighted by atomic mass is 9.94. The predicted octanol–water partition coefficient (Wildman–Crippen LogP) is 3.62. The Hall–Kier alpha value is -1.35. The molecule has 1 aromatic heterocycles. The fourth-order valence-electron chi connectivity index (χ4n) is 2.24. The molecule has 0 aliphatic carbocycles. The molecule has 2 aromatic rings. The second-order valence-electron chi connectivity index (χ2n) is 4.26. The zero-order valence-corrected chi connectivity index (χ0v) is 10.7. The first kappa shape index (κ1) is 10.8. The molecule has 0 spiro atoms. The molecule has 3 heteroatoms. The summed E-state index contributed by atoms with van der Waals surface area (Å²) in [6.07, 6.45) is 2.05. The number of fused-ring (bicyclic) bond motifs is 1. The third kappa shape index (κ3) is 1.95. The summed E-state index contributed by atoms with van der Waals surface area (Å²) < 4.78 is 5.69. The van der Waals surface area contributed by atoms with Crippen molar-refractivity contribution in [2.45, 2.75) is 25.7 Å². The van der Waals surface area contributed by atoms with Crippen molar-refractivity contribution >= 4 is 11.3 Å². The normalized spacial score (nSPS) is 18.5. The lowest BCUT2D eigenvalue weighted by Crippen LogP contribution is -2.14. The van der Waals surface area contributed by atoms with Crippen molar-refractivity contribution in [3.8, 4) is 5.75 Å². The van der Waals surface area contributed by atoms with Crippen molar-refractivity contribution in [2.24, 2.45) is 0 Å². The first-order valence-electron chi connectivity index (χ1n) is 6.04. The van der Waals surface area contributed by atoms with Crippen molar-refractivity contribution < 1.29 is 4.74 Å². The van der Waals surface area contributed by atoms with Crippen LogP contribution in [-0.4, -0.2) is 11.6 Å². The van der Waals surface area contributed by atoms with Crippen molar-refractivity contribution in [3.63, 3.8) is 0 Å². The Bertz CT molecular complexity index is 520. The molecule has 1 aliphatic heterocycles. The Morgan fingerprint density at radius 1 is 1.41 bits per heavy atom. The lowest BCUT2D eigenvalue weighted by molar-refractivity contribution is 0.277. The van der Waals surface area contributed by atoms with Crippen molar-refractivity contribution in [1.29, 1.82) is 0 Å². The van der Waals surface area contributed by atoms with Gasteiger partial charge in [0.25, 0.3) is 0 Å². The number of hydrogen-bond donors (Lipinski definition) is 0. The lowest BCUT2D eigenvalue weighted by Gasteiger charge is -2.24. The van der Waals surface area contributed by atoms with Crippen LogP contribution in [0.4, 0.5) is 0 Å². The van der Waals surface area contributed by atoms with E-state index < -0.39 is 0 Å². The molecule has 0 radical (unpaired) electrons. The van der Waals surface area contributed by atoms with Gasteiger partial charge in [-0.1, -0.05) is 25.1 Å². The number of rotatable bonds is 2. The van der Waals surface area contributed by atoms with Gasteiger partial charge in [-0.2, -0.15) is 0 Å². The number of thiazole rings is 1. The minimum absolute atomic E-state index is 0.422. The van der Waals surface area contributed by atoms with Crippen LogP contribution in [-0.2, 0) is 6.42 Å². The van der Waals surface area contributed by atoms with Gasteiger partial charge < -0.3 is 4.74 Å². The van der Waals surface area contributed by atoms with Gasteiger partial charge in [-0.15, -0.1) is 11.3 Å². The summed E-state index contributed by atoms with van der Waals surface area (Å²) >= 11 is 1.78. The average molecular weight is 245 g/mol. The Morgan fingerprint density at radius 2 is 2.29 bits per heavy atom. The average Bonchev–Trinajstić information content (AvgIpc) is 2.87. The number of hydrogen-bond acceptors (Lipinski definition) is 3. The Labute approximate surface area is 105 Å². The van der Waals surface area contributed by atoms with Crippen molar-refractivity contribution in [3.05, 3.63) is 45.9 Å². The third-order valence-corrected chi connectivity index (χ3v) is 4.20. The van der Waals surface area contributed by atoms with Crippen LogP contribution < -0.4 is 4.74 Å². The van der Waals surface area contributed by atoms with E-state index >= 15 is 0 Å². The van der Waals surface area contributed by atoms with Crippen LogP contribution in [0.2, 0.25) is 0 Å². The van der Waals surface area contributed by atoms with Crippen molar-refractivity contribution in [1.82, 2.24) is 4.98 Å². The predicted molar refractivity (Wildman–Crippen MR) is 69.9 cm³/mol. The third-order valence-electron chi connectivity index (χ3n) is 3.19. The van der Waals surface area contributed by atoms with Gasteiger partial charge in [0.1, 0.15) is 10.8 Å². The summed E-state index contributed by atoms with van der Waals surface area (Å²) in [4.78, 5) is 4.71. The number of aryl methyl sites for hydroxylation is 1. The number of para-hydroxylation sites is 1. The number of benzene rings is 1. The molecule has 1 unspecified atom stereocenters. The molecule has 1 aromatic carbocycles. The summed E-state index contributed by atoms with van der Waals surface area (Å²) in [5.74, 6) is 1.45. The summed E-state index contributed by atoms with van der Waals surface area (Å²) in [6, 6.07) is 8.32. The molecule has 2 heterocycles. The monoisotopic (exact) mass is 245 g/mol. The van der Waals surface area contributed by atoms with Gasteiger partial charge in [0, 0.05) is 16.9 Å². The number of ether oxygens (including phenoxy) is 1. The first-order valence-corrected chi connectivity index (χ1v) is 6.92. The highest BCUT2D eigenvalue weighted by molar-refractivity contribution is 7.09. The molecule has 1 atom stereocenters. The van der Waals surface area contributed by atoms with Crippen LogP contribution in [0.5, 0.6) is 5.75 Å². The minimum Gasteiger partial charge on any atom is -0.493 e. The van der Waals surface area contributed by atoms with E-state index in [9.17, 15) is 0 Å². The highest BCUT2D eigenvalue weighted by Gasteiger charge is 2.24. The molecule has 0 saturated carbocycles. The molecule has 0 saturated heterocycles. The van der Waals surface area contributed by atoms with Gasteiger partial charge in [0.05, 0.1) is 12.3 Å². The van der Waals surface area contributed by atoms with Crippen LogP contribution in [0.15, 0.2) is 29.6 Å². The zero-order chi connectivity index (χ0) is 11.7. The quantitative estimate of drug-likeness (QED) is 0.806. The maximum Gasteiger partial charge on any atom is 0.123 e. The maximum absolute atomic E-state index is 5.69. The zero-order valence-electron chi connectivity index (χ0n) is 9.85. The molecule has 88 valence electrons. The molecule has 17 heavy (non-hydrogen) atoms. The molecule has 0 bridgehead atoms. The SMILES string of the molecule is CCc1csc(C2CCOc3ccccc32)n1. The minimum atomic E-state index is 0.422. The van der Waals surface area contributed by atoms with Gasteiger partial charge in [-0.25, -0.2) is 4.98 Å². The van der Waals surface area contributed by atoms with Crippen LogP contribution in [0.25, 0.3) is 0 Å². The van der Waals surface area contributed by atoms with E-state index in [1.807, 2.05) is 6.07 Å². The highest BCUT2D eigenvalue weighted by Crippen LogP contribution is 2.38. The van der Waals surface area contributed by atoms with E-state index in [4.69, 9.17) is 9.72 Å². The van der Waals surface area contributed by atoms with Crippen molar-refractivity contribution in [2.75, 3.05) is 6.61 Å². The summed E-state index contributed by atoms with van der Waals surface area (Å²) in [5, 5.41) is 3.41. The molecule has 2 nitrogen and oxygen atoms in total. The van der Waals surface area contributed by atoms with E-state index in [-0.39, 0.29) is 0 Å². The van der Waals surface area contributed by atoms with Gasteiger partial charge in [0.2, 0.25) is 0 Å². The highest BCUT2D eigenvalue weighted by atomic mass is 32.1. The summed E-state index contributed by atoms with van der Waals surface area (Å²) in [6.45, 7) is 2.94. The van der Waals surface area contributed by atoms with E-state index in [2.05, 4.69) is 30.5 Å². The standard InChI is InChI=1S/C14H15NOS/c1-2-10-9-17-14(15-10)12-7-8-16-13-6-4-3-5-11(12)13/h3-6,9,12H,2,7-8H2,1H3. The largest absolute Gasteiger partial charge is 0.493 e. The summed E-state index contributed by atoms with van der Waals surface area (Å²) in [7, 11) is 0. The van der Waals surface area contributed by atoms with Crippen LogP contribution in [0.3, 0.4) is 0 Å². The molecular formula is C14H15NOS. The topological polar surface area (TPSA) is 22.1 Å². The molecular weight excluding hydrogens is 230 g/mol. The van der Waals surface area contributed by atoms with E-state index in [0.717, 1.165) is 25.2 Å². The van der Waals surface area contributed by atoms with E-state index in [1.165, 1.54) is 16.3 Å². The molecule has 0 N–H and O–H groups in total. The fourth-order valence-corrected chi connectivity index (χ4v) is 3.30. The molecule has 1 aliphatic rings. The Kier molecular flexibility index (Phi) is 2.85. The van der Waals surface area contributed by atoms with Crippen LogP contribution in [0, 0.1) is 0 Å². The fraction of sp³-hybridized carbons (Fsp3) is 0.357. The molecule has 0 amide bonds. The Balaban J connectivity index is 1.99. The summed E-state index contributed by atoms with van der Waals surface area (Å²) in [5.41, 5.74) is 2.49. The van der Waals surface area contributed by atoms with E-state index in [0.29, 0.717) is 5.92 Å². The van der Waals surface area contributed by atoms with Gasteiger partial charge >= 0.3 is 0 Å². The smallest absolute Gasteiger partial charge is 0.123 e. The van der Waals surface area contributed by atoms with Gasteiger partial charge in [-0.3, -0.25) is 0 Å². The number of nitrogens with zero attached hydrogens (tertiary/aromatic N) is 1. The van der Waals surface area contributed by atoms with Gasteiger partial charge in [0.15, 0.2) is 0 Å². The van der Waals surface area contributed by atoms with Crippen LogP contribution >= 0.6 is 11.3 Å². The second-order valence-corrected chi connectivity index (χ2v) is 5.15. The Morgan fingerprint density at radius 3 is 3.12 bits per heavy atom. The van der Waals surface area contributed by atoms with Gasteiger partial charge in [-0.05, 0) is 18.9 Å². The maximum atomic E-state index is 5.69. The van der Waals surface area contributed by atoms with E-state index in [1.54, 1.807) is 11.3 Å². The second kappa shape index (κ2) is 4.49. The first-order chi connectivity index (χ1) is 8.38. The van der Waals surface area contributed by atoms with Crippen LogP contribution in [0.1, 0.15) is 35.5 Å². The molecule has 3 rings (SSSR count). The number of aromatic nitrogens is 1.